The molecule has 0 radical (unpaired) electrons. The number of hydrogen-bond acceptors (Lipinski definition) is 8. The van der Waals surface area contributed by atoms with Crippen molar-refractivity contribution in [1.29, 1.82) is 0 Å². The molecule has 0 unspecified atom stereocenters. The van der Waals surface area contributed by atoms with E-state index in [-0.39, 0.29) is 45.7 Å². The normalized spacial score (nSPS) is 14.5. The minimum absolute atomic E-state index is 0.0318. The topological polar surface area (TPSA) is 109 Å². The summed E-state index contributed by atoms with van der Waals surface area (Å²) in [6.45, 7) is -3.02. The van der Waals surface area contributed by atoms with Gasteiger partial charge in [0.1, 0.15) is 5.75 Å². The maximum Gasteiger partial charge on any atom is 0.387 e. The van der Waals surface area contributed by atoms with E-state index in [1.807, 2.05) is 0 Å². The first-order valence-corrected chi connectivity index (χ1v) is 8.30. The summed E-state index contributed by atoms with van der Waals surface area (Å²) >= 11 is 0. The number of nitro benzene ring substituents is 1. The van der Waals surface area contributed by atoms with Crippen molar-refractivity contribution in [1.82, 2.24) is 0 Å². The van der Waals surface area contributed by atoms with Crippen molar-refractivity contribution in [2.45, 2.75) is 6.61 Å². The summed E-state index contributed by atoms with van der Waals surface area (Å²) in [6, 6.07) is 7.90. The zero-order chi connectivity index (χ0) is 21.8. The van der Waals surface area contributed by atoms with Crippen LogP contribution in [0, 0.1) is 10.1 Å². The predicted molar refractivity (Wildman–Crippen MR) is 99.9 cm³/mol. The van der Waals surface area contributed by atoms with Gasteiger partial charge in [0.15, 0.2) is 17.2 Å². The Balaban J connectivity index is 2.01. The third-order valence-electron chi connectivity index (χ3n) is 3.95. The highest BCUT2D eigenvalue weighted by molar-refractivity contribution is 6.13. The van der Waals surface area contributed by atoms with Gasteiger partial charge in [-0.2, -0.15) is 8.78 Å². The highest BCUT2D eigenvalue weighted by Crippen LogP contribution is 2.36. The highest BCUT2D eigenvalue weighted by Gasteiger charge is 2.27. The number of nitrogens with zero attached hydrogens (tertiary/aromatic N) is 2. The molecule has 1 aliphatic heterocycles. The van der Waals surface area contributed by atoms with Crippen LogP contribution in [0.2, 0.25) is 0 Å². The first kappa shape index (κ1) is 20.7. The molecule has 30 heavy (non-hydrogen) atoms. The lowest BCUT2D eigenvalue weighted by molar-refractivity contribution is -0.385. The van der Waals surface area contributed by atoms with Crippen molar-refractivity contribution in [3.63, 3.8) is 0 Å². The van der Waals surface area contributed by atoms with Crippen LogP contribution in [0.25, 0.3) is 6.08 Å². The van der Waals surface area contributed by atoms with Gasteiger partial charge in [-0.15, -0.1) is 0 Å². The fourth-order valence-corrected chi connectivity index (χ4v) is 2.64. The fraction of sp³-hybridized carbons (Fsp3) is 0.158. The first-order valence-electron chi connectivity index (χ1n) is 8.30. The molecule has 156 valence electrons. The maximum absolute atomic E-state index is 12.4. The number of carbonyl (C=O) groups excluding carboxylic acids is 1. The van der Waals surface area contributed by atoms with Gasteiger partial charge in [0, 0.05) is 5.56 Å². The van der Waals surface area contributed by atoms with Crippen LogP contribution in [0.1, 0.15) is 11.1 Å². The number of rotatable bonds is 7. The Hall–Kier alpha value is -4.02. The number of ether oxygens (including phenoxy) is 4. The molecule has 9 nitrogen and oxygen atoms in total. The van der Waals surface area contributed by atoms with Crippen molar-refractivity contribution in [3.8, 4) is 17.2 Å². The van der Waals surface area contributed by atoms with E-state index in [1.165, 1.54) is 44.6 Å². The Kier molecular flexibility index (Phi) is 5.90. The average molecular weight is 420 g/mol. The van der Waals surface area contributed by atoms with Crippen molar-refractivity contribution in [2.75, 3.05) is 14.2 Å². The number of esters is 1. The number of hydrogen-bond donors (Lipinski definition) is 0. The van der Waals surface area contributed by atoms with Crippen LogP contribution in [0.15, 0.2) is 47.1 Å². The predicted octanol–water partition coefficient (Wildman–Crippen LogP) is 3.56. The zero-order valence-electron chi connectivity index (χ0n) is 15.6. The van der Waals surface area contributed by atoms with E-state index < -0.39 is 17.5 Å². The second-order valence-electron chi connectivity index (χ2n) is 5.77. The molecule has 2 aromatic rings. The Morgan fingerprint density at radius 2 is 1.87 bits per heavy atom. The van der Waals surface area contributed by atoms with E-state index in [0.29, 0.717) is 0 Å². The van der Waals surface area contributed by atoms with Crippen molar-refractivity contribution >= 4 is 23.6 Å². The minimum atomic E-state index is -3.02. The van der Waals surface area contributed by atoms with Crippen LogP contribution >= 0.6 is 0 Å². The quantitative estimate of drug-likeness (QED) is 0.292. The summed E-state index contributed by atoms with van der Waals surface area (Å²) < 4.78 is 44.4. The molecule has 0 spiro atoms. The summed E-state index contributed by atoms with van der Waals surface area (Å²) in [5.74, 6) is -0.819. The fourth-order valence-electron chi connectivity index (χ4n) is 2.64. The number of aliphatic imine (C=N–C) groups is 1. The van der Waals surface area contributed by atoms with Crippen LogP contribution < -0.4 is 14.2 Å². The smallest absolute Gasteiger partial charge is 0.387 e. The highest BCUT2D eigenvalue weighted by atomic mass is 19.3. The molecule has 0 saturated carbocycles. The maximum atomic E-state index is 12.4. The molecule has 3 rings (SSSR count). The third-order valence-corrected chi connectivity index (χ3v) is 3.95. The molecule has 0 N–H and O–H groups in total. The van der Waals surface area contributed by atoms with Gasteiger partial charge in [-0.3, -0.25) is 10.1 Å². The van der Waals surface area contributed by atoms with Crippen LogP contribution in [0.3, 0.4) is 0 Å². The van der Waals surface area contributed by atoms with Crippen molar-refractivity contribution in [3.05, 3.63) is 63.3 Å². The molecule has 0 amide bonds. The van der Waals surface area contributed by atoms with Gasteiger partial charge < -0.3 is 18.9 Å². The monoisotopic (exact) mass is 420 g/mol. The number of halogens is 2. The summed E-state index contributed by atoms with van der Waals surface area (Å²) in [5, 5.41) is 11.4. The number of alkyl halides is 2. The van der Waals surface area contributed by atoms with Gasteiger partial charge in [-0.1, -0.05) is 6.07 Å². The molecule has 0 saturated heterocycles. The Labute approximate surface area is 168 Å². The molecule has 0 aromatic heterocycles. The Morgan fingerprint density at radius 1 is 1.17 bits per heavy atom. The molecule has 11 heteroatoms. The van der Waals surface area contributed by atoms with Gasteiger partial charge in [0.25, 0.3) is 5.69 Å². The number of methoxy groups -OCH3 is 2. The number of benzene rings is 2. The summed E-state index contributed by atoms with van der Waals surface area (Å²) in [6.07, 6.45) is 1.16. The summed E-state index contributed by atoms with van der Waals surface area (Å²) in [7, 11) is 2.69. The third kappa shape index (κ3) is 4.35. The van der Waals surface area contributed by atoms with E-state index in [9.17, 15) is 23.7 Å². The van der Waals surface area contributed by atoms with E-state index in [0.717, 1.165) is 12.1 Å². The standard InChI is InChI=1S/C19H14F2N2O7/c1-27-15-8-11(14(23(25)26)9-16(15)28-2)7-13-18(24)30-17(22-13)10-4-3-5-12(6-10)29-19(20)21/h3-9,19H,1-2H3/b13-7-. The van der Waals surface area contributed by atoms with E-state index in [1.54, 1.807) is 0 Å². The molecule has 0 atom stereocenters. The van der Waals surface area contributed by atoms with E-state index in [2.05, 4.69) is 9.73 Å². The van der Waals surface area contributed by atoms with Gasteiger partial charge >= 0.3 is 12.6 Å². The largest absolute Gasteiger partial charge is 0.493 e. The molecular formula is C19H14F2N2O7. The Morgan fingerprint density at radius 3 is 2.50 bits per heavy atom. The molecule has 0 fully saturated rings. The molecular weight excluding hydrogens is 406 g/mol. The van der Waals surface area contributed by atoms with E-state index >= 15 is 0 Å². The molecule has 1 heterocycles. The van der Waals surface area contributed by atoms with Gasteiger partial charge in [0.05, 0.1) is 30.8 Å². The van der Waals surface area contributed by atoms with Crippen LogP contribution in [-0.4, -0.2) is 37.6 Å². The van der Waals surface area contributed by atoms with Gasteiger partial charge in [-0.25, -0.2) is 9.79 Å². The van der Waals surface area contributed by atoms with Gasteiger partial charge in [-0.05, 0) is 30.3 Å². The lowest BCUT2D eigenvalue weighted by Gasteiger charge is -2.08. The van der Waals surface area contributed by atoms with Crippen molar-refractivity contribution in [2.24, 2.45) is 4.99 Å². The lowest BCUT2D eigenvalue weighted by Crippen LogP contribution is -2.07. The average Bonchev–Trinajstić information content (AvgIpc) is 3.07. The molecule has 2 aromatic carbocycles. The number of carbonyl (C=O) groups is 1. The number of cyclic esters (lactones) is 1. The molecule has 1 aliphatic rings. The molecule has 0 bridgehead atoms. The van der Waals surface area contributed by atoms with E-state index in [4.69, 9.17) is 14.2 Å². The lowest BCUT2D eigenvalue weighted by atomic mass is 10.1. The van der Waals surface area contributed by atoms with Crippen LogP contribution in [-0.2, 0) is 9.53 Å². The second kappa shape index (κ2) is 8.55. The Bertz CT molecular complexity index is 1070. The minimum Gasteiger partial charge on any atom is -0.493 e. The van der Waals surface area contributed by atoms with Crippen molar-refractivity contribution < 1.29 is 37.4 Å². The van der Waals surface area contributed by atoms with Gasteiger partial charge in [0.2, 0.25) is 5.90 Å². The first-order chi connectivity index (χ1) is 14.3. The van der Waals surface area contributed by atoms with Crippen LogP contribution in [0.4, 0.5) is 14.5 Å². The SMILES string of the molecule is COc1cc(/C=C2\N=C(c3cccc(OC(F)F)c3)OC2=O)c([N+](=O)[O-])cc1OC. The second-order valence-corrected chi connectivity index (χ2v) is 5.77. The number of nitro groups is 1. The molecule has 0 aliphatic carbocycles. The zero-order valence-corrected chi connectivity index (χ0v) is 15.6. The van der Waals surface area contributed by atoms with Crippen LogP contribution in [0.5, 0.6) is 17.2 Å². The summed E-state index contributed by atoms with van der Waals surface area (Å²) in [5.41, 5.74) is -0.319. The summed E-state index contributed by atoms with van der Waals surface area (Å²) in [4.78, 5) is 27.0.